The Balaban J connectivity index is 2.71. The van der Waals surface area contributed by atoms with E-state index >= 15 is 0 Å². The van der Waals surface area contributed by atoms with Gasteiger partial charge in [-0.2, -0.15) is 0 Å². The molecule has 0 spiro atoms. The zero-order chi connectivity index (χ0) is 13.8. The lowest BCUT2D eigenvalue weighted by Crippen LogP contribution is -2.28. The quantitative estimate of drug-likeness (QED) is 0.254. The van der Waals surface area contributed by atoms with Crippen molar-refractivity contribution in [2.75, 3.05) is 6.61 Å². The van der Waals surface area contributed by atoms with Crippen molar-refractivity contribution in [3.05, 3.63) is 29.0 Å². The molecule has 4 nitrogen and oxygen atoms in total. The topological polar surface area (TPSA) is 52.4 Å². The van der Waals surface area contributed by atoms with Crippen molar-refractivity contribution in [3.8, 4) is 0 Å². The van der Waals surface area contributed by atoms with Gasteiger partial charge in [-0.25, -0.2) is 9.53 Å². The van der Waals surface area contributed by atoms with Crippen molar-refractivity contribution in [1.82, 2.24) is 0 Å². The van der Waals surface area contributed by atoms with E-state index in [1.165, 1.54) is 6.08 Å². The standard InChI is InChI=1S/C14H21NO3/c1-5-18-13(16)10-11(2)6-7-12-8-9-14(3,4)15(12)17/h6-7,10H,5,8-9H2,1-4H3/b7-6+,11-10+. The SMILES string of the molecule is CCOC(=O)/C=C(C)/C=C/C1=[N+]([O-])C(C)(C)CC1. The third-order valence-corrected chi connectivity index (χ3v) is 2.97. The van der Waals surface area contributed by atoms with Gasteiger partial charge in [-0.1, -0.05) is 6.08 Å². The Bertz CT molecular complexity index is 417. The Morgan fingerprint density at radius 1 is 1.56 bits per heavy atom. The molecule has 0 aliphatic carbocycles. The maximum absolute atomic E-state index is 11.9. The summed E-state index contributed by atoms with van der Waals surface area (Å²) in [7, 11) is 0. The van der Waals surface area contributed by atoms with Gasteiger partial charge in [0.05, 0.1) is 6.61 Å². The Morgan fingerprint density at radius 3 is 2.72 bits per heavy atom. The van der Waals surface area contributed by atoms with E-state index in [9.17, 15) is 10.0 Å². The summed E-state index contributed by atoms with van der Waals surface area (Å²) in [6.07, 6.45) is 6.62. The van der Waals surface area contributed by atoms with Gasteiger partial charge in [0.25, 0.3) is 0 Å². The summed E-state index contributed by atoms with van der Waals surface area (Å²) in [6.45, 7) is 7.81. The van der Waals surface area contributed by atoms with Crippen LogP contribution >= 0.6 is 0 Å². The second-order valence-corrected chi connectivity index (χ2v) is 5.07. The smallest absolute Gasteiger partial charge is 0.330 e. The zero-order valence-electron chi connectivity index (χ0n) is 11.5. The molecule has 0 saturated heterocycles. The molecule has 0 aromatic heterocycles. The largest absolute Gasteiger partial charge is 0.623 e. The number of carbonyl (C=O) groups excluding carboxylic acids is 1. The molecule has 1 aliphatic rings. The minimum absolute atomic E-state index is 0.321. The Morgan fingerprint density at radius 2 is 2.22 bits per heavy atom. The molecule has 100 valence electrons. The lowest BCUT2D eigenvalue weighted by molar-refractivity contribution is -0.530. The fraction of sp³-hybridized carbons (Fsp3) is 0.571. The fourth-order valence-corrected chi connectivity index (χ4v) is 1.82. The summed E-state index contributed by atoms with van der Waals surface area (Å²) in [5.74, 6) is -0.351. The molecule has 0 aromatic rings. The van der Waals surface area contributed by atoms with Crippen LogP contribution in [0, 0.1) is 5.21 Å². The van der Waals surface area contributed by atoms with Crippen LogP contribution in [0.3, 0.4) is 0 Å². The third kappa shape index (κ3) is 3.72. The van der Waals surface area contributed by atoms with Crippen molar-refractivity contribution in [3.63, 3.8) is 0 Å². The van der Waals surface area contributed by atoms with Crippen LogP contribution in [0.1, 0.15) is 40.5 Å². The molecule has 1 aliphatic heterocycles. The van der Waals surface area contributed by atoms with Gasteiger partial charge in [-0.05, 0) is 19.4 Å². The summed E-state index contributed by atoms with van der Waals surface area (Å²) in [4.78, 5) is 11.2. The molecule has 0 aromatic carbocycles. The highest BCUT2D eigenvalue weighted by Crippen LogP contribution is 2.24. The molecule has 1 rings (SSSR count). The van der Waals surface area contributed by atoms with Crippen LogP contribution in [0.15, 0.2) is 23.8 Å². The molecule has 0 fully saturated rings. The van der Waals surface area contributed by atoms with Gasteiger partial charge < -0.3 is 9.94 Å². The van der Waals surface area contributed by atoms with Gasteiger partial charge in [0.1, 0.15) is 0 Å². The van der Waals surface area contributed by atoms with Crippen molar-refractivity contribution >= 4 is 11.7 Å². The maximum Gasteiger partial charge on any atom is 0.330 e. The number of nitrogens with zero attached hydrogens (tertiary/aromatic N) is 1. The molecule has 18 heavy (non-hydrogen) atoms. The normalized spacial score (nSPS) is 19.7. The van der Waals surface area contributed by atoms with E-state index in [2.05, 4.69) is 0 Å². The first-order valence-corrected chi connectivity index (χ1v) is 6.23. The first-order chi connectivity index (χ1) is 8.36. The van der Waals surface area contributed by atoms with Crippen molar-refractivity contribution in [2.24, 2.45) is 0 Å². The highest BCUT2D eigenvalue weighted by Gasteiger charge is 2.35. The van der Waals surface area contributed by atoms with Crippen LogP contribution in [-0.2, 0) is 9.53 Å². The summed E-state index contributed by atoms with van der Waals surface area (Å²) >= 11 is 0. The number of rotatable bonds is 4. The van der Waals surface area contributed by atoms with Gasteiger partial charge in [-0.3, -0.25) is 0 Å². The van der Waals surface area contributed by atoms with Crippen molar-refractivity contribution < 1.29 is 14.3 Å². The zero-order valence-corrected chi connectivity index (χ0v) is 11.5. The number of esters is 1. The average Bonchev–Trinajstić information content (AvgIpc) is 2.52. The average molecular weight is 251 g/mol. The highest BCUT2D eigenvalue weighted by atomic mass is 16.5. The molecule has 0 bridgehead atoms. The molecule has 0 unspecified atom stereocenters. The van der Waals surface area contributed by atoms with Gasteiger partial charge in [0.2, 0.25) is 0 Å². The van der Waals surface area contributed by atoms with E-state index in [0.717, 1.165) is 28.9 Å². The number of allylic oxidation sites excluding steroid dienone is 3. The van der Waals surface area contributed by atoms with Crippen molar-refractivity contribution in [1.29, 1.82) is 0 Å². The first-order valence-electron chi connectivity index (χ1n) is 6.23. The van der Waals surface area contributed by atoms with Gasteiger partial charge in [0.15, 0.2) is 11.3 Å². The van der Waals surface area contributed by atoms with Gasteiger partial charge >= 0.3 is 5.97 Å². The van der Waals surface area contributed by atoms with Crippen LogP contribution in [0.25, 0.3) is 0 Å². The maximum atomic E-state index is 11.9. The summed E-state index contributed by atoms with van der Waals surface area (Å²) in [6, 6.07) is 0. The lowest BCUT2D eigenvalue weighted by Gasteiger charge is -2.17. The van der Waals surface area contributed by atoms with Crippen LogP contribution in [0.5, 0.6) is 0 Å². The van der Waals surface area contributed by atoms with Gasteiger partial charge in [-0.15, -0.1) is 0 Å². The predicted octanol–water partition coefficient (Wildman–Crippen LogP) is 2.58. The molecular formula is C14H21NO3. The monoisotopic (exact) mass is 251 g/mol. The van der Waals surface area contributed by atoms with Crippen LogP contribution in [-0.4, -0.2) is 28.6 Å². The Kier molecular flexibility index (Phi) is 4.70. The molecule has 0 atom stereocenters. The first kappa shape index (κ1) is 14.5. The van der Waals surface area contributed by atoms with E-state index in [-0.39, 0.29) is 11.5 Å². The molecule has 0 N–H and O–H groups in total. The molecule has 4 heteroatoms. The van der Waals surface area contributed by atoms with E-state index in [1.54, 1.807) is 19.1 Å². The third-order valence-electron chi connectivity index (χ3n) is 2.97. The second kappa shape index (κ2) is 5.85. The molecule has 0 amide bonds. The Labute approximate surface area is 108 Å². The Hall–Kier alpha value is -1.58. The summed E-state index contributed by atoms with van der Waals surface area (Å²) in [5.41, 5.74) is 1.22. The summed E-state index contributed by atoms with van der Waals surface area (Å²) < 4.78 is 5.87. The van der Waals surface area contributed by atoms with Crippen LogP contribution in [0.4, 0.5) is 0 Å². The number of hydrogen-bond donors (Lipinski definition) is 0. The second-order valence-electron chi connectivity index (χ2n) is 5.07. The lowest BCUT2D eigenvalue weighted by atomic mass is 10.0. The minimum Gasteiger partial charge on any atom is -0.623 e. The van der Waals surface area contributed by atoms with Crippen LogP contribution < -0.4 is 0 Å². The van der Waals surface area contributed by atoms with E-state index < -0.39 is 0 Å². The molecular weight excluding hydrogens is 230 g/mol. The minimum atomic E-state index is -0.351. The number of hydrogen-bond acceptors (Lipinski definition) is 3. The fourth-order valence-electron chi connectivity index (χ4n) is 1.82. The number of carbonyl (C=O) groups is 1. The molecule has 0 saturated carbocycles. The summed E-state index contributed by atoms with van der Waals surface area (Å²) in [5, 5.41) is 11.9. The van der Waals surface area contributed by atoms with E-state index in [1.807, 2.05) is 20.8 Å². The van der Waals surface area contributed by atoms with E-state index in [4.69, 9.17) is 4.74 Å². The van der Waals surface area contributed by atoms with Crippen molar-refractivity contribution in [2.45, 2.75) is 46.1 Å². The predicted molar refractivity (Wildman–Crippen MR) is 71.5 cm³/mol. The van der Waals surface area contributed by atoms with Crippen LogP contribution in [0.2, 0.25) is 0 Å². The van der Waals surface area contributed by atoms with Gasteiger partial charge in [0, 0.05) is 38.8 Å². The van der Waals surface area contributed by atoms with E-state index in [0.29, 0.717) is 6.61 Å². The number of hydroxylamine groups is 1. The molecule has 0 radical (unpaired) electrons. The molecule has 1 heterocycles. The number of ether oxygens (including phenoxy) is 1. The highest BCUT2D eigenvalue weighted by molar-refractivity contribution is 5.92.